The molecule has 0 aromatic heterocycles. The fraction of sp³-hybridized carbons (Fsp3) is 0.417. The highest BCUT2D eigenvalue weighted by Gasteiger charge is 2.61. The van der Waals surface area contributed by atoms with E-state index in [-0.39, 0.29) is 17.8 Å². The summed E-state index contributed by atoms with van der Waals surface area (Å²) in [6.45, 7) is 9.96. The van der Waals surface area contributed by atoms with Crippen LogP contribution in [0.25, 0.3) is 0 Å². The van der Waals surface area contributed by atoms with Gasteiger partial charge in [0.2, 0.25) is 0 Å². The van der Waals surface area contributed by atoms with Gasteiger partial charge in [0.15, 0.2) is 11.8 Å². The molecule has 4 nitrogen and oxygen atoms in total. The molecule has 0 spiro atoms. The number of ether oxygens (including phenoxy) is 1. The number of esters is 1. The molecule has 28 heavy (non-hydrogen) atoms. The molecule has 3 rings (SSSR count). The Morgan fingerprint density at radius 2 is 1.57 bits per heavy atom. The Morgan fingerprint density at radius 3 is 2.07 bits per heavy atom. The normalized spacial score (nSPS) is 22.4. The minimum Gasteiger partial charge on any atom is -0.439 e. The molecule has 1 aliphatic rings. The lowest BCUT2D eigenvalue weighted by atomic mass is 9.78. The zero-order valence-corrected chi connectivity index (χ0v) is 17.3. The van der Waals surface area contributed by atoms with Gasteiger partial charge in [-0.15, -0.1) is 0 Å². The Kier molecular flexibility index (Phi) is 5.33. The molecule has 0 saturated carbocycles. The van der Waals surface area contributed by atoms with Gasteiger partial charge in [0, 0.05) is 17.4 Å². The average Bonchev–Trinajstić information content (AvgIpc) is 2.96. The number of rotatable bonds is 4. The number of carbonyl (C=O) groups excluding carboxylic acids is 2. The molecule has 1 heterocycles. The quantitative estimate of drug-likeness (QED) is 0.724. The largest absolute Gasteiger partial charge is 0.439 e. The molecule has 0 bridgehead atoms. The summed E-state index contributed by atoms with van der Waals surface area (Å²) >= 11 is 0. The van der Waals surface area contributed by atoms with E-state index in [0.717, 1.165) is 5.56 Å². The Labute approximate surface area is 167 Å². The lowest BCUT2D eigenvalue weighted by Gasteiger charge is -2.42. The molecule has 0 N–H and O–H groups in total. The summed E-state index contributed by atoms with van der Waals surface area (Å²) in [7, 11) is 0. The van der Waals surface area contributed by atoms with Crippen molar-refractivity contribution < 1.29 is 14.3 Å². The summed E-state index contributed by atoms with van der Waals surface area (Å²) in [4.78, 5) is 28.7. The standard InChI is InChI=1S/C24H29NO3/c1-17(2)24(16-18-12-8-6-9-13-18)22(27)28-21(23(3,4)5)25(24)20(26)19-14-10-7-11-15-19/h6-15,17,21H,16H2,1-5H3. The fourth-order valence-electron chi connectivity index (χ4n) is 3.92. The lowest BCUT2D eigenvalue weighted by molar-refractivity contribution is -0.149. The predicted octanol–water partition coefficient (Wildman–Crippen LogP) is 4.70. The van der Waals surface area contributed by atoms with Crippen molar-refractivity contribution in [3.63, 3.8) is 0 Å². The molecule has 0 aliphatic carbocycles. The summed E-state index contributed by atoms with van der Waals surface area (Å²) in [5, 5.41) is 0. The van der Waals surface area contributed by atoms with Gasteiger partial charge in [-0.25, -0.2) is 4.79 Å². The van der Waals surface area contributed by atoms with Crippen LogP contribution < -0.4 is 0 Å². The van der Waals surface area contributed by atoms with Crippen molar-refractivity contribution in [3.05, 3.63) is 71.8 Å². The number of hydrogen-bond acceptors (Lipinski definition) is 3. The van der Waals surface area contributed by atoms with Crippen molar-refractivity contribution in [2.45, 2.75) is 52.8 Å². The predicted molar refractivity (Wildman–Crippen MR) is 110 cm³/mol. The number of hydrogen-bond donors (Lipinski definition) is 0. The van der Waals surface area contributed by atoms with E-state index < -0.39 is 17.2 Å². The Morgan fingerprint density at radius 1 is 1.04 bits per heavy atom. The maximum Gasteiger partial charge on any atom is 0.334 e. The number of cyclic esters (lactones) is 1. The van der Waals surface area contributed by atoms with E-state index in [0.29, 0.717) is 12.0 Å². The highest BCUT2D eigenvalue weighted by molar-refractivity contribution is 6.00. The first-order chi connectivity index (χ1) is 13.2. The van der Waals surface area contributed by atoms with Crippen molar-refractivity contribution in [1.82, 2.24) is 4.90 Å². The second-order valence-corrected chi connectivity index (χ2v) is 8.91. The van der Waals surface area contributed by atoms with Crippen LogP contribution in [0, 0.1) is 11.3 Å². The van der Waals surface area contributed by atoms with E-state index >= 15 is 0 Å². The van der Waals surface area contributed by atoms with Crippen molar-refractivity contribution in [1.29, 1.82) is 0 Å². The number of benzene rings is 2. The van der Waals surface area contributed by atoms with Crippen LogP contribution in [-0.2, 0) is 16.0 Å². The van der Waals surface area contributed by atoms with Crippen molar-refractivity contribution in [2.75, 3.05) is 0 Å². The van der Waals surface area contributed by atoms with Crippen LogP contribution in [0.2, 0.25) is 0 Å². The first-order valence-corrected chi connectivity index (χ1v) is 9.81. The van der Waals surface area contributed by atoms with Crippen LogP contribution >= 0.6 is 0 Å². The molecule has 2 unspecified atom stereocenters. The molecule has 2 aromatic rings. The minimum absolute atomic E-state index is 0.111. The van der Waals surface area contributed by atoms with Crippen LogP contribution in [0.1, 0.15) is 50.5 Å². The van der Waals surface area contributed by atoms with Crippen LogP contribution in [0.5, 0.6) is 0 Å². The Balaban J connectivity index is 2.16. The van der Waals surface area contributed by atoms with Gasteiger partial charge in [-0.3, -0.25) is 9.69 Å². The van der Waals surface area contributed by atoms with Crippen molar-refractivity contribution in [3.8, 4) is 0 Å². The first kappa shape index (κ1) is 20.1. The minimum atomic E-state index is -1.05. The van der Waals surface area contributed by atoms with Gasteiger partial charge in [-0.2, -0.15) is 0 Å². The van der Waals surface area contributed by atoms with Crippen LogP contribution in [0.15, 0.2) is 60.7 Å². The summed E-state index contributed by atoms with van der Waals surface area (Å²) in [6.07, 6.45) is -0.200. The lowest BCUT2D eigenvalue weighted by Crippen LogP contribution is -2.60. The van der Waals surface area contributed by atoms with E-state index in [1.807, 2.05) is 83.1 Å². The zero-order valence-electron chi connectivity index (χ0n) is 17.3. The third-order valence-electron chi connectivity index (χ3n) is 5.49. The molecule has 2 aromatic carbocycles. The number of amides is 1. The van der Waals surface area contributed by atoms with Crippen LogP contribution in [-0.4, -0.2) is 28.5 Å². The molecular weight excluding hydrogens is 350 g/mol. The van der Waals surface area contributed by atoms with Crippen LogP contribution in [0.3, 0.4) is 0 Å². The highest BCUT2D eigenvalue weighted by atomic mass is 16.6. The molecule has 1 amide bonds. The van der Waals surface area contributed by atoms with E-state index in [9.17, 15) is 9.59 Å². The van der Waals surface area contributed by atoms with Gasteiger partial charge in [0.1, 0.15) is 0 Å². The summed E-state index contributed by atoms with van der Waals surface area (Å²) in [5.41, 5.74) is 0.112. The average molecular weight is 380 g/mol. The molecule has 1 fully saturated rings. The van der Waals surface area contributed by atoms with Gasteiger partial charge in [0.05, 0.1) is 0 Å². The smallest absolute Gasteiger partial charge is 0.334 e. The topological polar surface area (TPSA) is 46.6 Å². The third-order valence-corrected chi connectivity index (χ3v) is 5.49. The second-order valence-electron chi connectivity index (χ2n) is 8.91. The van der Waals surface area contributed by atoms with E-state index in [4.69, 9.17) is 4.74 Å². The zero-order chi connectivity index (χ0) is 20.5. The molecular formula is C24H29NO3. The first-order valence-electron chi connectivity index (χ1n) is 9.81. The maximum absolute atomic E-state index is 13.7. The van der Waals surface area contributed by atoms with Crippen LogP contribution in [0.4, 0.5) is 0 Å². The molecule has 4 heteroatoms. The van der Waals surface area contributed by atoms with E-state index in [1.165, 1.54) is 0 Å². The Bertz CT molecular complexity index is 839. The molecule has 1 aliphatic heterocycles. The van der Waals surface area contributed by atoms with Gasteiger partial charge >= 0.3 is 5.97 Å². The summed E-state index contributed by atoms with van der Waals surface area (Å²) in [5.74, 6) is -0.605. The van der Waals surface area contributed by atoms with Gasteiger partial charge in [-0.1, -0.05) is 83.1 Å². The second kappa shape index (κ2) is 7.42. The van der Waals surface area contributed by atoms with Gasteiger partial charge < -0.3 is 4.74 Å². The van der Waals surface area contributed by atoms with Gasteiger partial charge in [-0.05, 0) is 23.6 Å². The SMILES string of the molecule is CC(C)C1(Cc2ccccc2)C(=O)OC(C(C)(C)C)N1C(=O)c1ccccc1. The van der Waals surface area contributed by atoms with Gasteiger partial charge in [0.25, 0.3) is 5.91 Å². The highest BCUT2D eigenvalue weighted by Crippen LogP contribution is 2.44. The summed E-state index contributed by atoms with van der Waals surface area (Å²) in [6, 6.07) is 19.0. The number of carbonyl (C=O) groups is 2. The molecule has 1 saturated heterocycles. The van der Waals surface area contributed by atoms with Crippen molar-refractivity contribution >= 4 is 11.9 Å². The number of nitrogens with zero attached hydrogens (tertiary/aromatic N) is 1. The monoisotopic (exact) mass is 379 g/mol. The Hall–Kier alpha value is -2.62. The molecule has 0 radical (unpaired) electrons. The third kappa shape index (κ3) is 3.44. The van der Waals surface area contributed by atoms with E-state index in [1.54, 1.807) is 17.0 Å². The fourth-order valence-corrected chi connectivity index (χ4v) is 3.92. The molecule has 2 atom stereocenters. The van der Waals surface area contributed by atoms with E-state index in [2.05, 4.69) is 0 Å². The van der Waals surface area contributed by atoms with Crippen molar-refractivity contribution in [2.24, 2.45) is 11.3 Å². The summed E-state index contributed by atoms with van der Waals surface area (Å²) < 4.78 is 5.90. The maximum atomic E-state index is 13.7. The molecule has 148 valence electrons.